The summed E-state index contributed by atoms with van der Waals surface area (Å²) in [6.45, 7) is 0. The SMILES string of the molecule is Clc1ccccc1-c1nnc2cc(Br)ccn12. The van der Waals surface area contributed by atoms with Crippen molar-refractivity contribution in [2.75, 3.05) is 0 Å². The summed E-state index contributed by atoms with van der Waals surface area (Å²) in [6.07, 6.45) is 1.91. The minimum Gasteiger partial charge on any atom is -0.282 e. The molecule has 3 aromatic rings. The first-order valence-electron chi connectivity index (χ1n) is 5.01. The summed E-state index contributed by atoms with van der Waals surface area (Å²) in [5, 5.41) is 8.97. The van der Waals surface area contributed by atoms with Crippen molar-refractivity contribution in [3.8, 4) is 11.4 Å². The average Bonchev–Trinajstić information content (AvgIpc) is 2.72. The third kappa shape index (κ3) is 1.83. The van der Waals surface area contributed by atoms with E-state index in [1.807, 2.05) is 47.0 Å². The van der Waals surface area contributed by atoms with Gasteiger partial charge in [-0.25, -0.2) is 0 Å². The predicted octanol–water partition coefficient (Wildman–Crippen LogP) is 3.81. The van der Waals surface area contributed by atoms with Gasteiger partial charge < -0.3 is 0 Å². The van der Waals surface area contributed by atoms with Gasteiger partial charge in [-0.05, 0) is 24.3 Å². The fourth-order valence-corrected chi connectivity index (χ4v) is 2.24. The number of nitrogens with zero attached hydrogens (tertiary/aromatic N) is 3. The number of pyridine rings is 1. The van der Waals surface area contributed by atoms with Crippen LogP contribution in [-0.2, 0) is 0 Å². The van der Waals surface area contributed by atoms with Gasteiger partial charge in [-0.15, -0.1) is 10.2 Å². The molecule has 3 nitrogen and oxygen atoms in total. The Morgan fingerprint density at radius 1 is 1.12 bits per heavy atom. The summed E-state index contributed by atoms with van der Waals surface area (Å²) in [5.41, 5.74) is 1.67. The van der Waals surface area contributed by atoms with Gasteiger partial charge in [0, 0.05) is 16.2 Å². The molecule has 0 saturated heterocycles. The van der Waals surface area contributed by atoms with Gasteiger partial charge in [-0.2, -0.15) is 0 Å². The molecule has 2 aromatic heterocycles. The summed E-state index contributed by atoms with van der Waals surface area (Å²) in [7, 11) is 0. The molecule has 0 fully saturated rings. The van der Waals surface area contributed by atoms with Crippen LogP contribution >= 0.6 is 27.5 Å². The zero-order valence-electron chi connectivity index (χ0n) is 8.64. The molecule has 0 amide bonds. The van der Waals surface area contributed by atoms with E-state index in [9.17, 15) is 0 Å². The highest BCUT2D eigenvalue weighted by molar-refractivity contribution is 9.10. The van der Waals surface area contributed by atoms with Crippen molar-refractivity contribution >= 4 is 33.2 Å². The van der Waals surface area contributed by atoms with Gasteiger partial charge in [0.1, 0.15) is 0 Å². The Morgan fingerprint density at radius 2 is 1.94 bits per heavy atom. The summed E-state index contributed by atoms with van der Waals surface area (Å²) < 4.78 is 2.88. The number of hydrogen-bond donors (Lipinski definition) is 0. The van der Waals surface area contributed by atoms with Crippen LogP contribution in [0.5, 0.6) is 0 Å². The van der Waals surface area contributed by atoms with E-state index < -0.39 is 0 Å². The largest absolute Gasteiger partial charge is 0.282 e. The lowest BCUT2D eigenvalue weighted by atomic mass is 10.2. The molecule has 0 saturated carbocycles. The van der Waals surface area contributed by atoms with Gasteiger partial charge in [0.05, 0.1) is 5.02 Å². The maximum absolute atomic E-state index is 6.16. The third-order valence-corrected chi connectivity index (χ3v) is 3.31. The van der Waals surface area contributed by atoms with Crippen LogP contribution in [0.4, 0.5) is 0 Å². The molecule has 0 spiro atoms. The number of hydrogen-bond acceptors (Lipinski definition) is 2. The van der Waals surface area contributed by atoms with Crippen molar-refractivity contribution in [3.63, 3.8) is 0 Å². The van der Waals surface area contributed by atoms with Crippen molar-refractivity contribution in [2.45, 2.75) is 0 Å². The second-order valence-corrected chi connectivity index (χ2v) is 4.90. The lowest BCUT2D eigenvalue weighted by Crippen LogP contribution is -1.89. The molecule has 0 unspecified atom stereocenters. The molecule has 0 aliphatic rings. The fourth-order valence-electron chi connectivity index (χ4n) is 1.69. The van der Waals surface area contributed by atoms with Crippen molar-refractivity contribution < 1.29 is 0 Å². The van der Waals surface area contributed by atoms with E-state index in [0.29, 0.717) is 5.02 Å². The van der Waals surface area contributed by atoms with E-state index in [1.54, 1.807) is 0 Å². The topological polar surface area (TPSA) is 30.2 Å². The molecule has 5 heteroatoms. The van der Waals surface area contributed by atoms with Gasteiger partial charge in [0.15, 0.2) is 11.5 Å². The second-order valence-electron chi connectivity index (χ2n) is 3.58. The molecule has 0 aliphatic carbocycles. The number of aromatic nitrogens is 3. The van der Waals surface area contributed by atoms with Crippen LogP contribution in [0.3, 0.4) is 0 Å². The van der Waals surface area contributed by atoms with Crippen LogP contribution in [0, 0.1) is 0 Å². The van der Waals surface area contributed by atoms with Gasteiger partial charge in [-0.3, -0.25) is 4.40 Å². The van der Waals surface area contributed by atoms with Crippen LogP contribution < -0.4 is 0 Å². The van der Waals surface area contributed by atoms with Crippen LogP contribution in [0.2, 0.25) is 5.02 Å². The van der Waals surface area contributed by atoms with Crippen molar-refractivity contribution in [3.05, 3.63) is 52.1 Å². The first-order chi connectivity index (χ1) is 8.25. The van der Waals surface area contributed by atoms with Crippen LogP contribution in [0.25, 0.3) is 17.0 Å². The molecule has 84 valence electrons. The number of halogens is 2. The fraction of sp³-hybridized carbons (Fsp3) is 0. The Labute approximate surface area is 111 Å². The zero-order chi connectivity index (χ0) is 11.8. The second kappa shape index (κ2) is 4.13. The number of fused-ring (bicyclic) bond motifs is 1. The highest BCUT2D eigenvalue weighted by atomic mass is 79.9. The molecule has 0 N–H and O–H groups in total. The summed E-state index contributed by atoms with van der Waals surface area (Å²) >= 11 is 9.56. The van der Waals surface area contributed by atoms with Crippen molar-refractivity contribution in [2.24, 2.45) is 0 Å². The quantitative estimate of drug-likeness (QED) is 0.684. The number of benzene rings is 1. The maximum atomic E-state index is 6.16. The van der Waals surface area contributed by atoms with Gasteiger partial charge in [0.2, 0.25) is 0 Å². The summed E-state index contributed by atoms with van der Waals surface area (Å²) in [6, 6.07) is 11.5. The van der Waals surface area contributed by atoms with E-state index in [-0.39, 0.29) is 0 Å². The normalized spacial score (nSPS) is 10.9. The van der Waals surface area contributed by atoms with Crippen LogP contribution in [0.1, 0.15) is 0 Å². The monoisotopic (exact) mass is 307 g/mol. The van der Waals surface area contributed by atoms with Crippen LogP contribution in [0.15, 0.2) is 47.1 Å². The molecule has 0 radical (unpaired) electrons. The van der Waals surface area contributed by atoms with Crippen molar-refractivity contribution in [1.82, 2.24) is 14.6 Å². The van der Waals surface area contributed by atoms with Gasteiger partial charge in [-0.1, -0.05) is 39.7 Å². The van der Waals surface area contributed by atoms with Gasteiger partial charge in [0.25, 0.3) is 0 Å². The summed E-state index contributed by atoms with van der Waals surface area (Å²) in [4.78, 5) is 0. The maximum Gasteiger partial charge on any atom is 0.169 e. The number of rotatable bonds is 1. The molecule has 0 aliphatic heterocycles. The van der Waals surface area contributed by atoms with E-state index >= 15 is 0 Å². The standard InChI is InChI=1S/C12H7BrClN3/c13-8-5-6-17-11(7-8)15-16-12(17)9-3-1-2-4-10(9)14/h1-7H. The molecular weight excluding hydrogens is 302 g/mol. The minimum atomic E-state index is 0.671. The Morgan fingerprint density at radius 3 is 2.76 bits per heavy atom. The summed E-state index contributed by atoms with van der Waals surface area (Å²) in [5.74, 6) is 0.748. The Bertz CT molecular complexity index is 693. The lowest BCUT2D eigenvalue weighted by molar-refractivity contribution is 1.11. The minimum absolute atomic E-state index is 0.671. The van der Waals surface area contributed by atoms with E-state index in [0.717, 1.165) is 21.5 Å². The Hall–Kier alpha value is -1.39. The molecule has 2 heterocycles. The first kappa shape index (κ1) is 10.7. The highest BCUT2D eigenvalue weighted by Gasteiger charge is 2.10. The van der Waals surface area contributed by atoms with Crippen LogP contribution in [-0.4, -0.2) is 14.6 Å². The molecule has 3 rings (SSSR count). The highest BCUT2D eigenvalue weighted by Crippen LogP contribution is 2.26. The average molecular weight is 309 g/mol. The van der Waals surface area contributed by atoms with E-state index in [4.69, 9.17) is 11.6 Å². The first-order valence-corrected chi connectivity index (χ1v) is 6.18. The Kier molecular flexibility index (Phi) is 2.61. The Balaban J connectivity index is 2.29. The molecule has 17 heavy (non-hydrogen) atoms. The van der Waals surface area contributed by atoms with Crippen molar-refractivity contribution in [1.29, 1.82) is 0 Å². The lowest BCUT2D eigenvalue weighted by Gasteiger charge is -2.02. The molecule has 1 aromatic carbocycles. The van der Waals surface area contributed by atoms with E-state index in [1.165, 1.54) is 0 Å². The molecule has 0 bridgehead atoms. The van der Waals surface area contributed by atoms with Gasteiger partial charge >= 0.3 is 0 Å². The smallest absolute Gasteiger partial charge is 0.169 e. The molecular formula is C12H7BrClN3. The van der Waals surface area contributed by atoms with E-state index in [2.05, 4.69) is 26.1 Å². The third-order valence-electron chi connectivity index (χ3n) is 2.49. The predicted molar refractivity (Wildman–Crippen MR) is 71.1 cm³/mol. The zero-order valence-corrected chi connectivity index (χ0v) is 11.0. The molecule has 0 atom stereocenters.